The summed E-state index contributed by atoms with van der Waals surface area (Å²) >= 11 is 11.8. The molecule has 0 saturated heterocycles. The van der Waals surface area contributed by atoms with E-state index in [2.05, 4.69) is 4.90 Å². The van der Waals surface area contributed by atoms with E-state index in [1.165, 1.54) is 5.56 Å². The zero-order valence-corrected chi connectivity index (χ0v) is 13.5. The Hall–Kier alpha value is -1.06. The van der Waals surface area contributed by atoms with Crippen molar-refractivity contribution < 1.29 is 5.11 Å². The monoisotopic (exact) mass is 323 g/mol. The lowest BCUT2D eigenvalue weighted by molar-refractivity contribution is 0.147. The number of aliphatic hydroxyl groups excluding tert-OH is 1. The SMILES string of the molecule is CN(CCC(O)c1cccc(Cl)c1)Cc1ccc(Cl)cc1. The van der Waals surface area contributed by atoms with Crippen LogP contribution >= 0.6 is 23.2 Å². The first kappa shape index (κ1) is 16.3. The van der Waals surface area contributed by atoms with Gasteiger partial charge >= 0.3 is 0 Å². The van der Waals surface area contributed by atoms with E-state index in [0.717, 1.165) is 23.7 Å². The van der Waals surface area contributed by atoms with Crippen molar-refractivity contribution in [3.05, 3.63) is 69.7 Å². The van der Waals surface area contributed by atoms with Crippen molar-refractivity contribution >= 4 is 23.2 Å². The Labute approximate surface area is 135 Å². The van der Waals surface area contributed by atoms with Gasteiger partial charge in [0.2, 0.25) is 0 Å². The first-order valence-corrected chi connectivity index (χ1v) is 7.66. The maximum Gasteiger partial charge on any atom is 0.0802 e. The fraction of sp³-hybridized carbons (Fsp3) is 0.294. The Morgan fingerprint density at radius 2 is 1.76 bits per heavy atom. The van der Waals surface area contributed by atoms with Gasteiger partial charge in [-0.05, 0) is 48.9 Å². The molecule has 2 aromatic carbocycles. The van der Waals surface area contributed by atoms with Gasteiger partial charge in [-0.3, -0.25) is 0 Å². The number of hydrogen-bond donors (Lipinski definition) is 1. The van der Waals surface area contributed by atoms with Crippen molar-refractivity contribution in [2.75, 3.05) is 13.6 Å². The number of benzene rings is 2. The van der Waals surface area contributed by atoms with Gasteiger partial charge in [-0.15, -0.1) is 0 Å². The minimum atomic E-state index is -0.489. The van der Waals surface area contributed by atoms with Crippen LogP contribution in [-0.4, -0.2) is 23.6 Å². The second-order valence-electron chi connectivity index (χ2n) is 5.22. The Kier molecular flexibility index (Phi) is 6.07. The van der Waals surface area contributed by atoms with Crippen molar-refractivity contribution in [2.24, 2.45) is 0 Å². The highest BCUT2D eigenvalue weighted by Crippen LogP contribution is 2.20. The number of nitrogens with zero attached hydrogens (tertiary/aromatic N) is 1. The van der Waals surface area contributed by atoms with Crippen molar-refractivity contribution in [3.63, 3.8) is 0 Å². The van der Waals surface area contributed by atoms with Crippen LogP contribution < -0.4 is 0 Å². The second kappa shape index (κ2) is 7.81. The molecule has 0 aliphatic rings. The third kappa shape index (κ3) is 5.33. The van der Waals surface area contributed by atoms with Crippen molar-refractivity contribution in [1.82, 2.24) is 4.90 Å². The summed E-state index contributed by atoms with van der Waals surface area (Å²) in [5, 5.41) is 11.6. The van der Waals surface area contributed by atoms with Crippen molar-refractivity contribution in [1.29, 1.82) is 0 Å². The van der Waals surface area contributed by atoms with Crippen molar-refractivity contribution in [3.8, 4) is 0 Å². The average molecular weight is 324 g/mol. The van der Waals surface area contributed by atoms with E-state index in [4.69, 9.17) is 23.2 Å². The molecule has 0 saturated carbocycles. The lowest BCUT2D eigenvalue weighted by atomic mass is 10.1. The molecular formula is C17H19Cl2NO. The van der Waals surface area contributed by atoms with Crippen LogP contribution in [0.15, 0.2) is 48.5 Å². The first-order valence-electron chi connectivity index (χ1n) is 6.91. The fourth-order valence-corrected chi connectivity index (χ4v) is 2.53. The van der Waals surface area contributed by atoms with Crippen LogP contribution in [0.1, 0.15) is 23.7 Å². The largest absolute Gasteiger partial charge is 0.388 e. The predicted molar refractivity (Wildman–Crippen MR) is 88.8 cm³/mol. The van der Waals surface area contributed by atoms with Crippen LogP contribution in [0.25, 0.3) is 0 Å². The van der Waals surface area contributed by atoms with E-state index in [0.29, 0.717) is 11.4 Å². The normalized spacial score (nSPS) is 12.6. The molecule has 0 aliphatic heterocycles. The molecule has 1 atom stereocenters. The van der Waals surface area contributed by atoms with Gasteiger partial charge in [0, 0.05) is 23.1 Å². The third-order valence-electron chi connectivity index (χ3n) is 3.38. The summed E-state index contributed by atoms with van der Waals surface area (Å²) in [6.07, 6.45) is 0.182. The van der Waals surface area contributed by atoms with Gasteiger partial charge in [-0.2, -0.15) is 0 Å². The average Bonchev–Trinajstić information content (AvgIpc) is 2.47. The summed E-state index contributed by atoms with van der Waals surface area (Å²) in [5.74, 6) is 0. The summed E-state index contributed by atoms with van der Waals surface area (Å²) < 4.78 is 0. The standard InChI is InChI=1S/C17H19Cl2NO/c1-20(12-13-5-7-15(18)8-6-13)10-9-17(21)14-3-2-4-16(19)11-14/h2-8,11,17,21H,9-10,12H2,1H3. The van der Waals surface area contributed by atoms with E-state index in [1.807, 2.05) is 55.6 Å². The maximum absolute atomic E-state index is 10.2. The van der Waals surface area contributed by atoms with E-state index in [9.17, 15) is 5.11 Å². The van der Waals surface area contributed by atoms with Crippen LogP contribution in [-0.2, 0) is 6.54 Å². The first-order chi connectivity index (χ1) is 10.0. The topological polar surface area (TPSA) is 23.5 Å². The number of hydrogen-bond acceptors (Lipinski definition) is 2. The molecule has 1 N–H and O–H groups in total. The van der Waals surface area contributed by atoms with Crippen LogP contribution in [0.3, 0.4) is 0 Å². The summed E-state index contributed by atoms with van der Waals surface area (Å²) in [5.41, 5.74) is 2.07. The lowest BCUT2D eigenvalue weighted by Gasteiger charge is -2.19. The number of rotatable bonds is 6. The van der Waals surface area contributed by atoms with E-state index >= 15 is 0 Å². The van der Waals surface area contributed by atoms with Gasteiger partial charge in [-0.25, -0.2) is 0 Å². The van der Waals surface area contributed by atoms with Crippen LogP contribution in [0, 0.1) is 0 Å². The van der Waals surface area contributed by atoms with Crippen LogP contribution in [0.2, 0.25) is 10.0 Å². The maximum atomic E-state index is 10.2. The highest BCUT2D eigenvalue weighted by Gasteiger charge is 2.09. The summed E-state index contributed by atoms with van der Waals surface area (Å²) in [6, 6.07) is 15.2. The molecule has 0 radical (unpaired) electrons. The molecule has 0 spiro atoms. The Balaban J connectivity index is 1.83. The molecule has 21 heavy (non-hydrogen) atoms. The Bertz CT molecular complexity index is 571. The van der Waals surface area contributed by atoms with E-state index in [-0.39, 0.29) is 0 Å². The molecule has 2 nitrogen and oxygen atoms in total. The molecule has 0 amide bonds. The van der Waals surface area contributed by atoms with Gasteiger partial charge in [0.1, 0.15) is 0 Å². The fourth-order valence-electron chi connectivity index (χ4n) is 2.20. The Morgan fingerprint density at radius 3 is 2.43 bits per heavy atom. The highest BCUT2D eigenvalue weighted by atomic mass is 35.5. The molecule has 112 valence electrons. The zero-order valence-electron chi connectivity index (χ0n) is 12.0. The molecular weight excluding hydrogens is 305 g/mol. The lowest BCUT2D eigenvalue weighted by Crippen LogP contribution is -2.20. The quantitative estimate of drug-likeness (QED) is 0.843. The molecule has 0 heterocycles. The summed E-state index contributed by atoms with van der Waals surface area (Å²) in [6.45, 7) is 1.63. The molecule has 1 unspecified atom stereocenters. The molecule has 0 aliphatic carbocycles. The molecule has 0 aromatic heterocycles. The molecule has 0 fully saturated rings. The number of halogens is 2. The smallest absolute Gasteiger partial charge is 0.0802 e. The van der Waals surface area contributed by atoms with Crippen LogP contribution in [0.5, 0.6) is 0 Å². The van der Waals surface area contributed by atoms with E-state index in [1.54, 1.807) is 0 Å². The second-order valence-corrected chi connectivity index (χ2v) is 6.10. The summed E-state index contributed by atoms with van der Waals surface area (Å²) in [4.78, 5) is 2.18. The minimum Gasteiger partial charge on any atom is -0.388 e. The molecule has 2 rings (SSSR count). The van der Waals surface area contributed by atoms with Gasteiger partial charge in [0.15, 0.2) is 0 Å². The van der Waals surface area contributed by atoms with Crippen LogP contribution in [0.4, 0.5) is 0 Å². The van der Waals surface area contributed by atoms with Gasteiger partial charge in [0.05, 0.1) is 6.10 Å². The van der Waals surface area contributed by atoms with Gasteiger partial charge in [-0.1, -0.05) is 47.5 Å². The molecule has 0 bridgehead atoms. The van der Waals surface area contributed by atoms with Gasteiger partial charge in [0.25, 0.3) is 0 Å². The van der Waals surface area contributed by atoms with Crippen molar-refractivity contribution in [2.45, 2.75) is 19.1 Å². The predicted octanol–water partition coefficient (Wildman–Crippen LogP) is 4.55. The van der Waals surface area contributed by atoms with Gasteiger partial charge < -0.3 is 10.0 Å². The minimum absolute atomic E-state index is 0.489. The Morgan fingerprint density at radius 1 is 1.05 bits per heavy atom. The summed E-state index contributed by atoms with van der Waals surface area (Å²) in [7, 11) is 2.04. The molecule has 4 heteroatoms. The number of aliphatic hydroxyl groups is 1. The zero-order chi connectivity index (χ0) is 15.2. The molecule has 2 aromatic rings. The third-order valence-corrected chi connectivity index (χ3v) is 3.87. The highest BCUT2D eigenvalue weighted by molar-refractivity contribution is 6.30. The van der Waals surface area contributed by atoms with E-state index < -0.39 is 6.10 Å².